The van der Waals surface area contributed by atoms with E-state index in [2.05, 4.69) is 35.8 Å². The van der Waals surface area contributed by atoms with Crippen molar-refractivity contribution in [2.75, 3.05) is 0 Å². The van der Waals surface area contributed by atoms with E-state index in [0.29, 0.717) is 0 Å². The Morgan fingerprint density at radius 2 is 2.17 bits per heavy atom. The lowest BCUT2D eigenvalue weighted by Gasteiger charge is -1.93. The van der Waals surface area contributed by atoms with Crippen molar-refractivity contribution in [3.05, 3.63) is 24.2 Å². The summed E-state index contributed by atoms with van der Waals surface area (Å²) in [6.07, 6.45) is 5.06. The third-order valence-corrected chi connectivity index (χ3v) is 2.15. The minimum atomic E-state index is 1.01. The van der Waals surface area contributed by atoms with Crippen molar-refractivity contribution in [3.63, 3.8) is 0 Å². The number of hydrogen-bond acceptors (Lipinski definition) is 1. The van der Waals surface area contributed by atoms with E-state index in [-0.39, 0.29) is 0 Å². The molecule has 0 bridgehead atoms. The van der Waals surface area contributed by atoms with Gasteiger partial charge in [0.05, 0.1) is 5.69 Å². The summed E-state index contributed by atoms with van der Waals surface area (Å²) < 4.78 is 4.12. The molecule has 0 saturated carbocycles. The molecule has 12 heavy (non-hydrogen) atoms. The van der Waals surface area contributed by atoms with Crippen LogP contribution in [0.1, 0.15) is 19.5 Å². The van der Waals surface area contributed by atoms with Gasteiger partial charge in [-0.2, -0.15) is 5.10 Å². The maximum absolute atomic E-state index is 4.40. The topological polar surface area (TPSA) is 22.2 Å². The Hall–Kier alpha value is -1.25. The van der Waals surface area contributed by atoms with Crippen molar-refractivity contribution in [1.82, 2.24) is 14.2 Å². The fraction of sp³-hybridized carbons (Fsp3) is 0.444. The van der Waals surface area contributed by atoms with Gasteiger partial charge < -0.3 is 4.57 Å². The zero-order valence-corrected chi connectivity index (χ0v) is 7.49. The van der Waals surface area contributed by atoms with Gasteiger partial charge in [0.25, 0.3) is 0 Å². The van der Waals surface area contributed by atoms with E-state index in [0.717, 1.165) is 18.7 Å². The largest absolute Gasteiger partial charge is 0.332 e. The van der Waals surface area contributed by atoms with E-state index in [4.69, 9.17) is 0 Å². The first-order valence-electron chi connectivity index (χ1n) is 4.38. The molecular weight excluding hydrogens is 150 g/mol. The maximum atomic E-state index is 4.40. The summed E-state index contributed by atoms with van der Waals surface area (Å²) in [7, 11) is 0. The van der Waals surface area contributed by atoms with E-state index in [1.165, 1.54) is 5.65 Å². The highest BCUT2D eigenvalue weighted by Crippen LogP contribution is 2.07. The Bertz CT molecular complexity index is 383. The Kier molecular flexibility index (Phi) is 1.64. The lowest BCUT2D eigenvalue weighted by atomic mass is 10.3. The van der Waals surface area contributed by atoms with E-state index in [1.807, 2.05) is 10.7 Å². The van der Waals surface area contributed by atoms with Crippen molar-refractivity contribution >= 4 is 5.65 Å². The van der Waals surface area contributed by atoms with E-state index in [1.54, 1.807) is 0 Å². The molecule has 2 heterocycles. The van der Waals surface area contributed by atoms with Crippen LogP contribution in [0.15, 0.2) is 18.5 Å². The molecule has 0 aliphatic heterocycles. The molecule has 0 N–H and O–H groups in total. The van der Waals surface area contributed by atoms with Crippen molar-refractivity contribution in [3.8, 4) is 0 Å². The van der Waals surface area contributed by atoms with Crippen LogP contribution in [0.2, 0.25) is 0 Å². The average Bonchev–Trinajstić information content (AvgIpc) is 2.61. The number of hydrogen-bond donors (Lipinski definition) is 0. The fourth-order valence-corrected chi connectivity index (χ4v) is 1.42. The Balaban J connectivity index is 2.60. The molecule has 0 aliphatic rings. The number of aromatic nitrogens is 3. The Labute approximate surface area is 71.6 Å². The van der Waals surface area contributed by atoms with Gasteiger partial charge in [-0.25, -0.2) is 4.52 Å². The highest BCUT2D eigenvalue weighted by atomic mass is 15.3. The predicted molar refractivity (Wildman–Crippen MR) is 48.2 cm³/mol. The first-order chi connectivity index (χ1) is 5.85. The molecule has 3 nitrogen and oxygen atoms in total. The van der Waals surface area contributed by atoms with Gasteiger partial charge in [-0.1, -0.05) is 6.92 Å². The minimum absolute atomic E-state index is 1.01. The number of nitrogens with zero attached hydrogens (tertiary/aromatic N) is 3. The molecule has 2 aromatic rings. The fourth-order valence-electron chi connectivity index (χ4n) is 1.42. The number of rotatable bonds is 2. The van der Waals surface area contributed by atoms with Crippen LogP contribution in [-0.2, 0) is 13.0 Å². The molecule has 0 fully saturated rings. The minimum Gasteiger partial charge on any atom is -0.332 e. The predicted octanol–water partition coefficient (Wildman–Crippen LogP) is 1.72. The first kappa shape index (κ1) is 7.40. The van der Waals surface area contributed by atoms with Crippen LogP contribution in [0.4, 0.5) is 0 Å². The van der Waals surface area contributed by atoms with Gasteiger partial charge in [0, 0.05) is 25.0 Å². The van der Waals surface area contributed by atoms with E-state index >= 15 is 0 Å². The summed E-state index contributed by atoms with van der Waals surface area (Å²) in [6, 6.07) is 2.14. The van der Waals surface area contributed by atoms with Gasteiger partial charge in [-0.15, -0.1) is 0 Å². The second kappa shape index (κ2) is 2.66. The quantitative estimate of drug-likeness (QED) is 0.660. The van der Waals surface area contributed by atoms with Gasteiger partial charge in [0.2, 0.25) is 0 Å². The second-order valence-electron chi connectivity index (χ2n) is 2.88. The highest BCUT2D eigenvalue weighted by molar-refractivity contribution is 5.40. The maximum Gasteiger partial charge on any atom is 0.135 e. The summed E-state index contributed by atoms with van der Waals surface area (Å²) in [6.45, 7) is 5.27. The summed E-state index contributed by atoms with van der Waals surface area (Å²) in [5.41, 5.74) is 2.35. The summed E-state index contributed by atoms with van der Waals surface area (Å²) >= 11 is 0. The molecule has 3 heteroatoms. The van der Waals surface area contributed by atoms with Gasteiger partial charge in [-0.3, -0.25) is 0 Å². The van der Waals surface area contributed by atoms with Gasteiger partial charge in [-0.05, 0) is 13.3 Å². The number of imidazole rings is 1. The molecule has 0 spiro atoms. The van der Waals surface area contributed by atoms with Crippen LogP contribution in [0.5, 0.6) is 0 Å². The third kappa shape index (κ3) is 0.932. The molecule has 2 aromatic heterocycles. The normalized spacial score (nSPS) is 11.2. The monoisotopic (exact) mass is 163 g/mol. The third-order valence-electron chi connectivity index (χ3n) is 2.15. The molecule has 0 radical (unpaired) electrons. The molecule has 0 atom stereocenters. The van der Waals surface area contributed by atoms with Crippen LogP contribution >= 0.6 is 0 Å². The molecule has 0 aromatic carbocycles. The molecule has 0 amide bonds. The average molecular weight is 163 g/mol. The first-order valence-corrected chi connectivity index (χ1v) is 4.38. The van der Waals surface area contributed by atoms with Gasteiger partial charge in [0.1, 0.15) is 5.65 Å². The Morgan fingerprint density at radius 3 is 2.83 bits per heavy atom. The van der Waals surface area contributed by atoms with Crippen LogP contribution in [0, 0.1) is 0 Å². The van der Waals surface area contributed by atoms with Crippen LogP contribution in [0.25, 0.3) is 5.65 Å². The summed E-state index contributed by atoms with van der Waals surface area (Å²) in [5.74, 6) is 0. The highest BCUT2D eigenvalue weighted by Gasteiger charge is 2.02. The van der Waals surface area contributed by atoms with Crippen LogP contribution in [-0.4, -0.2) is 14.2 Å². The smallest absolute Gasteiger partial charge is 0.135 e. The van der Waals surface area contributed by atoms with Crippen molar-refractivity contribution < 1.29 is 0 Å². The molecule has 64 valence electrons. The zero-order valence-electron chi connectivity index (χ0n) is 7.49. The SMILES string of the molecule is CCc1cc2n(CC)ccn2n1. The molecule has 0 saturated heterocycles. The zero-order chi connectivity index (χ0) is 8.55. The van der Waals surface area contributed by atoms with Crippen molar-refractivity contribution in [2.24, 2.45) is 0 Å². The van der Waals surface area contributed by atoms with Crippen LogP contribution < -0.4 is 0 Å². The van der Waals surface area contributed by atoms with Crippen molar-refractivity contribution in [1.29, 1.82) is 0 Å². The van der Waals surface area contributed by atoms with Crippen molar-refractivity contribution in [2.45, 2.75) is 26.8 Å². The summed E-state index contributed by atoms with van der Waals surface area (Å²) in [4.78, 5) is 0. The number of aryl methyl sites for hydroxylation is 2. The lowest BCUT2D eigenvalue weighted by molar-refractivity contribution is 0.788. The molecular formula is C9H13N3. The summed E-state index contributed by atoms with van der Waals surface area (Å²) in [5, 5.41) is 4.40. The lowest BCUT2D eigenvalue weighted by Crippen LogP contribution is -1.90. The van der Waals surface area contributed by atoms with Gasteiger partial charge >= 0.3 is 0 Å². The Morgan fingerprint density at radius 1 is 1.33 bits per heavy atom. The molecule has 2 rings (SSSR count). The number of fused-ring (bicyclic) bond motifs is 1. The van der Waals surface area contributed by atoms with E-state index in [9.17, 15) is 0 Å². The molecule has 0 aliphatic carbocycles. The van der Waals surface area contributed by atoms with E-state index < -0.39 is 0 Å². The van der Waals surface area contributed by atoms with Crippen LogP contribution in [0.3, 0.4) is 0 Å². The molecule has 0 unspecified atom stereocenters. The van der Waals surface area contributed by atoms with Gasteiger partial charge in [0.15, 0.2) is 0 Å². The standard InChI is InChI=1S/C9H13N3/c1-3-8-7-9-11(4-2)5-6-12(9)10-8/h5-7H,3-4H2,1-2H3. The second-order valence-corrected chi connectivity index (χ2v) is 2.88.